The first kappa shape index (κ1) is 51.1. The van der Waals surface area contributed by atoms with Crippen LogP contribution in [0.3, 0.4) is 0 Å². The molecule has 0 aromatic carbocycles. The minimum Gasteiger partial charge on any atom is -0.441 e. The van der Waals surface area contributed by atoms with Crippen LogP contribution in [0.5, 0.6) is 0 Å². The first-order chi connectivity index (χ1) is 30.6. The van der Waals surface area contributed by atoms with Crippen molar-refractivity contribution < 1.29 is 57.6 Å². The first-order valence-corrected chi connectivity index (χ1v) is 23.1. The number of hydrogen-bond acceptors (Lipinski definition) is 11. The second kappa shape index (κ2) is 21.2. The number of halogens is 1. The van der Waals surface area contributed by atoms with Crippen molar-refractivity contribution in [2.45, 2.75) is 141 Å². The molecule has 11 atom stereocenters. The van der Waals surface area contributed by atoms with Gasteiger partial charge >= 0.3 is 12.1 Å². The van der Waals surface area contributed by atoms with E-state index in [1.807, 2.05) is 0 Å². The summed E-state index contributed by atoms with van der Waals surface area (Å²) in [5, 5.41) is 34.4. The maximum Gasteiger partial charge on any atom is 0.409 e. The van der Waals surface area contributed by atoms with Crippen LogP contribution >= 0.6 is 0 Å². The zero-order valence-corrected chi connectivity index (χ0v) is 38.6. The molecule has 65 heavy (non-hydrogen) atoms. The Labute approximate surface area is 381 Å². The van der Waals surface area contributed by atoms with Crippen molar-refractivity contribution >= 4 is 41.4 Å². The summed E-state index contributed by atoms with van der Waals surface area (Å²) in [4.78, 5) is 91.6. The molecule has 5 aliphatic carbocycles. The van der Waals surface area contributed by atoms with Crippen molar-refractivity contribution in [3.8, 4) is 11.8 Å². The van der Waals surface area contributed by atoms with Crippen LogP contribution in [-0.2, 0) is 33.4 Å². The summed E-state index contributed by atoms with van der Waals surface area (Å²) in [6.45, 7) is 7.43. The minimum absolute atomic E-state index is 0.0825. The van der Waals surface area contributed by atoms with Gasteiger partial charge in [0, 0.05) is 49.9 Å². The molecule has 0 aliphatic heterocycles. The van der Waals surface area contributed by atoms with Crippen molar-refractivity contribution in [3.05, 3.63) is 23.8 Å². The molecular formula is C47H69FN6O11. The molecule has 1 unspecified atom stereocenters. The third kappa shape index (κ3) is 10.7. The molecule has 3 fully saturated rings. The number of aliphatic hydroxyl groups is 2. The predicted octanol–water partition coefficient (Wildman–Crippen LogP) is 2.51. The molecular weight excluding hydrogens is 844 g/mol. The van der Waals surface area contributed by atoms with E-state index in [0.717, 1.165) is 30.6 Å². The molecule has 3 saturated carbocycles. The van der Waals surface area contributed by atoms with Crippen LogP contribution in [0.25, 0.3) is 0 Å². The van der Waals surface area contributed by atoms with Crippen molar-refractivity contribution in [3.63, 3.8) is 0 Å². The molecule has 5 rings (SSSR count). The summed E-state index contributed by atoms with van der Waals surface area (Å²) in [6, 6.07) is -2.87. The largest absolute Gasteiger partial charge is 0.441 e. The Hall–Kier alpha value is -4.86. The molecule has 0 spiro atoms. The van der Waals surface area contributed by atoms with E-state index in [2.05, 4.69) is 33.1 Å². The summed E-state index contributed by atoms with van der Waals surface area (Å²) < 4.78 is 28.7. The standard InChI is InChI=1S/C47H69FN6O11/c1-28(2)39(53-38(58)27-64-32-13-10-8-7-9-11-14-32)41(60)52-35(15-12-20-51-42(49)61)40(59)50-21-22-54(6)43(62)65-26-37(57)47(63)29(3)23-34-33-17-16-30-24-31(55)18-19-44(30,4)46(33,48)36(56)25-45(34,47)5/h18-19,24,28-29,32-36,39,56,63H,7-10,12-13,15-17,20-23,25-27H2,1-6H3,(H,50,59)(H,52,60)(H,53,58)(H3,49,51,61)/t29-,32?,33+,34+,35+,36+,39+,44+,45+,46+,47+/m1/s1. The van der Waals surface area contributed by atoms with Crippen LogP contribution in [0.15, 0.2) is 23.8 Å². The van der Waals surface area contributed by atoms with Gasteiger partial charge in [0.25, 0.3) is 0 Å². The van der Waals surface area contributed by atoms with Crippen LogP contribution in [0.1, 0.15) is 105 Å². The van der Waals surface area contributed by atoms with E-state index >= 15 is 4.39 Å². The van der Waals surface area contributed by atoms with Crippen LogP contribution in [0, 0.1) is 46.3 Å². The van der Waals surface area contributed by atoms with Gasteiger partial charge in [-0.15, -0.1) is 5.92 Å². The SMILES string of the molecule is CC(C)[C@H](NC(=O)COC1C#CCCCCC1)C(=O)N[C@@H](CCCNC(N)=O)C(=O)NCCN(C)C(=O)OCC(=O)[C@@]1(O)[C@H](C)C[C@H]2[C@@H]3CCC4=CC(=O)C=C[C@]4(C)[C@@]3(F)[C@@H](O)C[C@@]21C. The number of fused-ring (bicyclic) bond motifs is 5. The molecule has 0 heterocycles. The molecule has 5 aliphatic rings. The Bertz CT molecular complexity index is 1970. The van der Waals surface area contributed by atoms with Crippen LogP contribution in [0.4, 0.5) is 14.0 Å². The van der Waals surface area contributed by atoms with Crippen molar-refractivity contribution in [2.75, 3.05) is 39.9 Å². The lowest BCUT2D eigenvalue weighted by molar-refractivity contribution is -0.219. The fourth-order valence-corrected chi connectivity index (χ4v) is 11.1. The monoisotopic (exact) mass is 913 g/mol. The number of nitrogens with two attached hydrogens (primary N) is 1. The van der Waals surface area contributed by atoms with Crippen molar-refractivity contribution in [1.29, 1.82) is 0 Å². The van der Waals surface area contributed by atoms with Gasteiger partial charge in [0.2, 0.25) is 23.5 Å². The zero-order valence-electron chi connectivity index (χ0n) is 38.6. The third-order valence-electron chi connectivity index (χ3n) is 14.8. The number of nitrogens with zero attached hydrogens (tertiary/aromatic N) is 1. The first-order valence-electron chi connectivity index (χ1n) is 23.1. The van der Waals surface area contributed by atoms with E-state index < -0.39 is 100 Å². The quantitative estimate of drug-likeness (QED) is 0.0777. The molecule has 0 saturated heterocycles. The van der Waals surface area contributed by atoms with E-state index in [1.165, 1.54) is 19.2 Å². The molecule has 0 aromatic rings. The lowest BCUT2D eigenvalue weighted by Crippen LogP contribution is -2.69. The number of ether oxygens (including phenoxy) is 2. The fourth-order valence-electron chi connectivity index (χ4n) is 11.1. The molecule has 0 radical (unpaired) electrons. The fraction of sp³-hybridized carbons (Fsp3) is 0.723. The van der Waals surface area contributed by atoms with E-state index in [-0.39, 0.29) is 63.3 Å². The predicted molar refractivity (Wildman–Crippen MR) is 236 cm³/mol. The van der Waals surface area contributed by atoms with Crippen molar-refractivity contribution in [2.24, 2.45) is 40.2 Å². The molecule has 17 nitrogen and oxygen atoms in total. The zero-order chi connectivity index (χ0) is 47.9. The van der Waals surface area contributed by atoms with Gasteiger partial charge in [-0.25, -0.2) is 14.0 Å². The minimum atomic E-state index is -2.14. The molecule has 0 aromatic heterocycles. The van der Waals surface area contributed by atoms with E-state index in [0.29, 0.717) is 31.3 Å². The number of amides is 6. The van der Waals surface area contributed by atoms with Crippen molar-refractivity contribution in [1.82, 2.24) is 26.2 Å². The summed E-state index contributed by atoms with van der Waals surface area (Å²) in [5.74, 6) is 1.12. The van der Waals surface area contributed by atoms with Gasteiger partial charge in [-0.3, -0.25) is 24.0 Å². The Morgan fingerprint density at radius 1 is 1.02 bits per heavy atom. The second-order valence-electron chi connectivity index (χ2n) is 19.4. The molecule has 0 bridgehead atoms. The van der Waals surface area contributed by atoms with Gasteiger partial charge in [-0.2, -0.15) is 0 Å². The Balaban J connectivity index is 1.15. The maximum absolute atomic E-state index is 17.6. The van der Waals surface area contributed by atoms with Crippen LogP contribution in [-0.4, -0.2) is 132 Å². The average molecular weight is 913 g/mol. The molecule has 18 heteroatoms. The van der Waals surface area contributed by atoms with Crippen LogP contribution < -0.4 is 27.0 Å². The number of nitrogens with one attached hydrogen (secondary N) is 4. The lowest BCUT2D eigenvalue weighted by atomic mass is 9.44. The van der Waals surface area contributed by atoms with E-state index in [9.17, 15) is 43.8 Å². The normalized spacial score (nSPS) is 32.3. The highest BCUT2D eigenvalue weighted by molar-refractivity contribution is 6.01. The molecule has 6 amide bonds. The summed E-state index contributed by atoms with van der Waals surface area (Å²) >= 11 is 0. The number of urea groups is 1. The van der Waals surface area contributed by atoms with Gasteiger partial charge in [0.05, 0.1) is 6.10 Å². The van der Waals surface area contributed by atoms with Gasteiger partial charge < -0.3 is 51.6 Å². The number of rotatable bonds is 18. The van der Waals surface area contributed by atoms with E-state index in [1.54, 1.807) is 40.7 Å². The Morgan fingerprint density at radius 2 is 1.75 bits per heavy atom. The number of likely N-dealkylation sites (N-methyl/N-ethyl adjacent to an activating group) is 1. The smallest absolute Gasteiger partial charge is 0.409 e. The highest BCUT2D eigenvalue weighted by atomic mass is 19.1. The highest BCUT2D eigenvalue weighted by Gasteiger charge is 2.75. The van der Waals surface area contributed by atoms with E-state index in [4.69, 9.17) is 15.2 Å². The Morgan fingerprint density at radius 3 is 2.46 bits per heavy atom. The number of primary amides is 1. The number of Topliss-reactive ketones (excluding diaryl/α,β-unsaturated/α-hetero) is 1. The average Bonchev–Trinajstić information content (AvgIpc) is 3.43. The number of ketones is 2. The number of hydrogen-bond donors (Lipinski definition) is 7. The summed E-state index contributed by atoms with van der Waals surface area (Å²) in [6.07, 6.45) is 7.11. The van der Waals surface area contributed by atoms with Crippen LogP contribution in [0.2, 0.25) is 0 Å². The topological polar surface area (TPSA) is 256 Å². The second-order valence-corrected chi connectivity index (χ2v) is 19.4. The lowest BCUT2D eigenvalue weighted by Gasteiger charge is -2.62. The Kier molecular flexibility index (Phi) is 16.7. The highest BCUT2D eigenvalue weighted by Crippen LogP contribution is 2.70. The molecule has 360 valence electrons. The van der Waals surface area contributed by atoms with Gasteiger partial charge in [0.1, 0.15) is 30.4 Å². The third-order valence-corrected chi connectivity index (χ3v) is 14.8. The maximum atomic E-state index is 17.6. The number of allylic oxidation sites excluding steroid dienone is 4. The summed E-state index contributed by atoms with van der Waals surface area (Å²) in [5.41, 5.74) is -0.873. The van der Waals surface area contributed by atoms with Gasteiger partial charge in [-0.1, -0.05) is 51.7 Å². The van der Waals surface area contributed by atoms with Gasteiger partial charge in [0.15, 0.2) is 18.1 Å². The summed E-state index contributed by atoms with van der Waals surface area (Å²) in [7, 11) is 1.39. The number of aliphatic hydroxyl groups excluding tert-OH is 1. The number of carbonyl (C=O) groups excluding carboxylic acids is 7. The molecule has 8 N–H and O–H groups in total. The number of carbonyl (C=O) groups is 7. The number of alkyl halides is 1. The van der Waals surface area contributed by atoms with Gasteiger partial charge in [-0.05, 0) is 94.6 Å².